The minimum atomic E-state index is 0. The van der Waals surface area contributed by atoms with E-state index in [9.17, 15) is 9.90 Å². The van der Waals surface area contributed by atoms with Crippen LogP contribution >= 0.6 is 12.4 Å². The molecule has 2 aromatic rings. The second-order valence-electron chi connectivity index (χ2n) is 5.99. The van der Waals surface area contributed by atoms with Gasteiger partial charge in [-0.05, 0) is 23.3 Å². The number of piperazine rings is 1. The lowest BCUT2D eigenvalue weighted by atomic mass is 10.1. The van der Waals surface area contributed by atoms with E-state index in [-0.39, 0.29) is 24.1 Å². The summed E-state index contributed by atoms with van der Waals surface area (Å²) in [5, 5.41) is 9.48. The third-order valence-corrected chi connectivity index (χ3v) is 4.24. The quantitative estimate of drug-likeness (QED) is 0.925. The molecule has 24 heavy (non-hydrogen) atoms. The van der Waals surface area contributed by atoms with E-state index in [1.165, 1.54) is 5.56 Å². The number of carbonyl (C=O) groups excluding carboxylic acids is 1. The lowest BCUT2D eigenvalue weighted by Gasteiger charge is -2.34. The fraction of sp³-hybridized carbons (Fsp3) is 0.316. The van der Waals surface area contributed by atoms with Crippen LogP contribution in [0.5, 0.6) is 5.75 Å². The Kier molecular flexibility index (Phi) is 6.64. The molecule has 0 saturated carbocycles. The maximum absolute atomic E-state index is 12.4. The molecular weight excluding hydrogens is 324 g/mol. The molecule has 1 fully saturated rings. The number of nitrogens with zero attached hydrogens (tertiary/aromatic N) is 2. The number of phenolic OH excluding ortho intramolecular Hbond substituents is 1. The zero-order chi connectivity index (χ0) is 16.1. The first-order valence-electron chi connectivity index (χ1n) is 8.03. The van der Waals surface area contributed by atoms with E-state index in [2.05, 4.69) is 29.2 Å². The van der Waals surface area contributed by atoms with Gasteiger partial charge in [-0.15, -0.1) is 12.4 Å². The Morgan fingerprint density at radius 1 is 0.917 bits per heavy atom. The van der Waals surface area contributed by atoms with Crippen molar-refractivity contribution in [1.82, 2.24) is 9.80 Å². The predicted molar refractivity (Wildman–Crippen MR) is 97.4 cm³/mol. The van der Waals surface area contributed by atoms with Crippen LogP contribution in [0.3, 0.4) is 0 Å². The van der Waals surface area contributed by atoms with E-state index in [0.29, 0.717) is 6.42 Å². The first-order valence-corrected chi connectivity index (χ1v) is 8.03. The summed E-state index contributed by atoms with van der Waals surface area (Å²) in [6.45, 7) is 4.28. The highest BCUT2D eigenvalue weighted by atomic mass is 35.5. The molecule has 2 aromatic carbocycles. The number of hydrogen-bond acceptors (Lipinski definition) is 3. The van der Waals surface area contributed by atoms with Crippen molar-refractivity contribution in [3.8, 4) is 5.75 Å². The van der Waals surface area contributed by atoms with Gasteiger partial charge >= 0.3 is 0 Å². The van der Waals surface area contributed by atoms with Crippen LogP contribution in [0.1, 0.15) is 11.1 Å². The number of halogens is 1. The van der Waals surface area contributed by atoms with E-state index < -0.39 is 0 Å². The molecule has 1 saturated heterocycles. The first kappa shape index (κ1) is 18.3. The predicted octanol–water partition coefficient (Wildman–Crippen LogP) is 2.70. The number of phenols is 1. The molecule has 0 aliphatic carbocycles. The largest absolute Gasteiger partial charge is 0.508 e. The lowest BCUT2D eigenvalue weighted by Crippen LogP contribution is -2.48. The minimum absolute atomic E-state index is 0. The van der Waals surface area contributed by atoms with Crippen LogP contribution in [0.2, 0.25) is 0 Å². The van der Waals surface area contributed by atoms with Crippen LogP contribution in [-0.2, 0) is 17.8 Å². The number of amides is 1. The summed E-state index contributed by atoms with van der Waals surface area (Å²) in [6, 6.07) is 17.4. The third-order valence-electron chi connectivity index (χ3n) is 4.24. The van der Waals surface area contributed by atoms with E-state index in [4.69, 9.17) is 0 Å². The lowest BCUT2D eigenvalue weighted by molar-refractivity contribution is -0.132. The highest BCUT2D eigenvalue weighted by molar-refractivity contribution is 5.85. The van der Waals surface area contributed by atoms with Crippen LogP contribution in [-0.4, -0.2) is 47.0 Å². The van der Waals surface area contributed by atoms with Gasteiger partial charge in [0.25, 0.3) is 0 Å². The maximum Gasteiger partial charge on any atom is 0.227 e. The Balaban J connectivity index is 0.00000208. The number of aromatic hydroxyl groups is 1. The van der Waals surface area contributed by atoms with Crippen molar-refractivity contribution in [2.75, 3.05) is 26.2 Å². The van der Waals surface area contributed by atoms with E-state index in [0.717, 1.165) is 38.3 Å². The molecule has 128 valence electrons. The zero-order valence-electron chi connectivity index (χ0n) is 13.6. The van der Waals surface area contributed by atoms with Crippen molar-refractivity contribution in [2.24, 2.45) is 0 Å². The zero-order valence-corrected chi connectivity index (χ0v) is 14.4. The Morgan fingerprint density at radius 3 is 2.25 bits per heavy atom. The van der Waals surface area contributed by atoms with Crippen LogP contribution in [0.25, 0.3) is 0 Å². The molecule has 0 atom stereocenters. The Morgan fingerprint density at radius 2 is 1.58 bits per heavy atom. The van der Waals surface area contributed by atoms with E-state index in [1.807, 2.05) is 17.0 Å². The molecular formula is C19H23ClN2O2. The fourth-order valence-electron chi connectivity index (χ4n) is 2.95. The van der Waals surface area contributed by atoms with Gasteiger partial charge < -0.3 is 10.0 Å². The number of carbonyl (C=O) groups is 1. The van der Waals surface area contributed by atoms with Crippen molar-refractivity contribution < 1.29 is 9.90 Å². The molecule has 1 heterocycles. The molecule has 5 heteroatoms. The topological polar surface area (TPSA) is 43.8 Å². The number of rotatable bonds is 4. The SMILES string of the molecule is Cl.O=C(Cc1cccc(O)c1)N1CCN(Cc2ccccc2)CC1. The van der Waals surface area contributed by atoms with Crippen molar-refractivity contribution in [3.05, 3.63) is 65.7 Å². The van der Waals surface area contributed by atoms with Gasteiger partial charge in [-0.2, -0.15) is 0 Å². The minimum Gasteiger partial charge on any atom is -0.508 e. The molecule has 1 aliphatic heterocycles. The van der Waals surface area contributed by atoms with E-state index in [1.54, 1.807) is 18.2 Å². The molecule has 1 N–H and O–H groups in total. The van der Waals surface area contributed by atoms with Gasteiger partial charge in [0.1, 0.15) is 5.75 Å². The molecule has 0 radical (unpaired) electrons. The fourth-order valence-corrected chi connectivity index (χ4v) is 2.95. The van der Waals surface area contributed by atoms with Gasteiger partial charge in [0.05, 0.1) is 6.42 Å². The summed E-state index contributed by atoms with van der Waals surface area (Å²) in [5.41, 5.74) is 2.17. The first-order chi connectivity index (χ1) is 11.2. The summed E-state index contributed by atoms with van der Waals surface area (Å²) in [6.07, 6.45) is 0.354. The normalized spacial score (nSPS) is 14.9. The van der Waals surface area contributed by atoms with Crippen LogP contribution in [0.4, 0.5) is 0 Å². The van der Waals surface area contributed by atoms with Gasteiger partial charge in [0.2, 0.25) is 5.91 Å². The molecule has 0 bridgehead atoms. The van der Waals surface area contributed by atoms with Gasteiger partial charge in [0.15, 0.2) is 0 Å². The van der Waals surface area contributed by atoms with Crippen molar-refractivity contribution in [1.29, 1.82) is 0 Å². The summed E-state index contributed by atoms with van der Waals surface area (Å²) >= 11 is 0. The highest BCUT2D eigenvalue weighted by Gasteiger charge is 2.21. The molecule has 1 amide bonds. The monoisotopic (exact) mass is 346 g/mol. The average molecular weight is 347 g/mol. The van der Waals surface area contributed by atoms with Crippen molar-refractivity contribution in [3.63, 3.8) is 0 Å². The summed E-state index contributed by atoms with van der Waals surface area (Å²) in [5.74, 6) is 0.345. The van der Waals surface area contributed by atoms with Gasteiger partial charge in [-0.3, -0.25) is 9.69 Å². The Hall–Kier alpha value is -2.04. The van der Waals surface area contributed by atoms with Crippen LogP contribution < -0.4 is 0 Å². The standard InChI is InChI=1S/C19H22N2O2.ClH/c22-18-8-4-7-17(13-18)14-19(23)21-11-9-20(10-12-21)15-16-5-2-1-3-6-16;/h1-8,13,22H,9-12,14-15H2;1H. The second-order valence-corrected chi connectivity index (χ2v) is 5.99. The molecule has 4 nitrogen and oxygen atoms in total. The molecule has 3 rings (SSSR count). The Labute approximate surface area is 149 Å². The summed E-state index contributed by atoms with van der Waals surface area (Å²) in [4.78, 5) is 16.7. The van der Waals surface area contributed by atoms with Gasteiger partial charge in [-0.1, -0.05) is 42.5 Å². The smallest absolute Gasteiger partial charge is 0.227 e. The third kappa shape index (κ3) is 4.98. The number of benzene rings is 2. The van der Waals surface area contributed by atoms with E-state index >= 15 is 0 Å². The second kappa shape index (κ2) is 8.71. The van der Waals surface area contributed by atoms with Crippen LogP contribution in [0.15, 0.2) is 54.6 Å². The van der Waals surface area contributed by atoms with Crippen molar-refractivity contribution in [2.45, 2.75) is 13.0 Å². The molecule has 0 unspecified atom stereocenters. The summed E-state index contributed by atoms with van der Waals surface area (Å²) in [7, 11) is 0. The number of hydrogen-bond donors (Lipinski definition) is 1. The molecule has 0 aromatic heterocycles. The summed E-state index contributed by atoms with van der Waals surface area (Å²) < 4.78 is 0. The van der Waals surface area contributed by atoms with Gasteiger partial charge in [0, 0.05) is 32.7 Å². The molecule has 1 aliphatic rings. The Bertz CT molecular complexity index is 655. The van der Waals surface area contributed by atoms with Crippen LogP contribution in [0, 0.1) is 0 Å². The molecule has 0 spiro atoms. The van der Waals surface area contributed by atoms with Gasteiger partial charge in [-0.25, -0.2) is 0 Å². The maximum atomic E-state index is 12.4. The average Bonchev–Trinajstić information content (AvgIpc) is 2.56. The highest BCUT2D eigenvalue weighted by Crippen LogP contribution is 2.14. The van der Waals surface area contributed by atoms with Crippen molar-refractivity contribution >= 4 is 18.3 Å².